The van der Waals surface area contributed by atoms with Crippen LogP contribution in [-0.4, -0.2) is 18.3 Å². The topological polar surface area (TPSA) is 38.0 Å². The molecule has 0 amide bonds. The van der Waals surface area contributed by atoms with Crippen LogP contribution < -0.4 is 11.1 Å². The highest BCUT2D eigenvalue weighted by Gasteiger charge is 2.29. The molecule has 0 fully saturated rings. The summed E-state index contributed by atoms with van der Waals surface area (Å²) in [5.41, 5.74) is 5.22. The molecule has 2 nitrogen and oxygen atoms in total. The monoisotopic (exact) mass is 280 g/mol. The highest BCUT2D eigenvalue weighted by atomic mass is 32.1. The van der Waals surface area contributed by atoms with Crippen LogP contribution >= 0.6 is 11.3 Å². The fraction of sp³-hybridized carbons (Fsp3) is 0.667. The third-order valence-corrected chi connectivity index (χ3v) is 3.79. The van der Waals surface area contributed by atoms with Gasteiger partial charge in [0, 0.05) is 29.9 Å². The molecule has 0 spiro atoms. The van der Waals surface area contributed by atoms with Crippen molar-refractivity contribution in [1.82, 2.24) is 5.32 Å². The molecule has 1 rings (SSSR count). The van der Waals surface area contributed by atoms with Crippen molar-refractivity contribution in [3.05, 3.63) is 22.4 Å². The van der Waals surface area contributed by atoms with Gasteiger partial charge in [0.2, 0.25) is 0 Å². The van der Waals surface area contributed by atoms with Crippen molar-refractivity contribution >= 4 is 11.3 Å². The molecule has 0 aliphatic carbocycles. The average Bonchev–Trinajstić information content (AvgIpc) is 2.77. The second-order valence-corrected chi connectivity index (χ2v) is 5.70. The van der Waals surface area contributed by atoms with E-state index < -0.39 is 18.1 Å². The van der Waals surface area contributed by atoms with E-state index >= 15 is 0 Å². The van der Waals surface area contributed by atoms with Crippen LogP contribution in [0.1, 0.15) is 31.1 Å². The number of nitrogens with one attached hydrogen (secondary N) is 1. The van der Waals surface area contributed by atoms with Crippen molar-refractivity contribution < 1.29 is 13.2 Å². The van der Waals surface area contributed by atoms with Gasteiger partial charge < -0.3 is 11.1 Å². The number of hydrogen-bond acceptors (Lipinski definition) is 3. The Balaban J connectivity index is 2.37. The molecule has 1 aromatic rings. The first kappa shape index (κ1) is 15.5. The lowest BCUT2D eigenvalue weighted by atomic mass is 9.94. The molecule has 0 saturated heterocycles. The summed E-state index contributed by atoms with van der Waals surface area (Å²) >= 11 is 1.62. The second kappa shape index (κ2) is 6.54. The SMILES string of the molecule is CC(CN)(CCCC(F)(F)F)NCc1cccs1. The Hall–Kier alpha value is -0.590. The van der Waals surface area contributed by atoms with Crippen molar-refractivity contribution in [2.75, 3.05) is 6.54 Å². The van der Waals surface area contributed by atoms with Gasteiger partial charge in [0.05, 0.1) is 0 Å². The Bertz CT molecular complexity index is 338. The molecule has 1 heterocycles. The van der Waals surface area contributed by atoms with E-state index in [9.17, 15) is 13.2 Å². The smallest absolute Gasteiger partial charge is 0.329 e. The lowest BCUT2D eigenvalue weighted by molar-refractivity contribution is -0.136. The van der Waals surface area contributed by atoms with Gasteiger partial charge in [-0.3, -0.25) is 0 Å². The maximum absolute atomic E-state index is 12.1. The quantitative estimate of drug-likeness (QED) is 0.804. The molecular weight excluding hydrogens is 261 g/mol. The van der Waals surface area contributed by atoms with Gasteiger partial charge in [0.1, 0.15) is 0 Å². The van der Waals surface area contributed by atoms with E-state index in [1.165, 1.54) is 0 Å². The van der Waals surface area contributed by atoms with E-state index in [2.05, 4.69) is 5.32 Å². The van der Waals surface area contributed by atoms with Gasteiger partial charge in [0.15, 0.2) is 0 Å². The molecule has 18 heavy (non-hydrogen) atoms. The first-order chi connectivity index (χ1) is 8.35. The molecule has 1 atom stereocenters. The molecule has 0 saturated carbocycles. The van der Waals surface area contributed by atoms with Crippen LogP contribution in [0, 0.1) is 0 Å². The minimum absolute atomic E-state index is 0.106. The fourth-order valence-corrected chi connectivity index (χ4v) is 2.30. The zero-order valence-corrected chi connectivity index (χ0v) is 11.2. The van der Waals surface area contributed by atoms with Crippen molar-refractivity contribution in [2.45, 2.75) is 44.4 Å². The van der Waals surface area contributed by atoms with E-state index in [0.29, 0.717) is 19.5 Å². The predicted molar refractivity (Wildman–Crippen MR) is 68.5 cm³/mol. The van der Waals surface area contributed by atoms with Gasteiger partial charge >= 0.3 is 6.18 Å². The summed E-state index contributed by atoms with van der Waals surface area (Å²) in [7, 11) is 0. The Kier molecular flexibility index (Phi) is 5.62. The van der Waals surface area contributed by atoms with Gasteiger partial charge in [-0.15, -0.1) is 11.3 Å². The summed E-state index contributed by atoms with van der Waals surface area (Å²) in [6, 6.07) is 3.94. The maximum atomic E-state index is 12.1. The van der Waals surface area contributed by atoms with Crippen molar-refractivity contribution in [3.63, 3.8) is 0 Å². The van der Waals surface area contributed by atoms with E-state index in [-0.39, 0.29) is 6.42 Å². The highest BCUT2D eigenvalue weighted by Crippen LogP contribution is 2.25. The van der Waals surface area contributed by atoms with Crippen molar-refractivity contribution in [2.24, 2.45) is 5.73 Å². The number of hydrogen-bond donors (Lipinski definition) is 2. The molecule has 104 valence electrons. The highest BCUT2D eigenvalue weighted by molar-refractivity contribution is 7.09. The predicted octanol–water partition coefficient (Wildman–Crippen LogP) is 3.29. The van der Waals surface area contributed by atoms with Crippen LogP contribution in [-0.2, 0) is 6.54 Å². The molecule has 0 aliphatic heterocycles. The number of rotatable bonds is 7. The maximum Gasteiger partial charge on any atom is 0.389 e. The van der Waals surface area contributed by atoms with Crippen LogP contribution in [0.2, 0.25) is 0 Å². The van der Waals surface area contributed by atoms with Crippen LogP contribution in [0.5, 0.6) is 0 Å². The summed E-state index contributed by atoms with van der Waals surface area (Å²) in [6.45, 7) is 2.85. The molecule has 0 radical (unpaired) electrons. The second-order valence-electron chi connectivity index (χ2n) is 4.67. The van der Waals surface area contributed by atoms with E-state index in [4.69, 9.17) is 5.73 Å². The number of halogens is 3. The Morgan fingerprint density at radius 2 is 2.06 bits per heavy atom. The summed E-state index contributed by atoms with van der Waals surface area (Å²) in [4.78, 5) is 1.16. The van der Waals surface area contributed by atoms with Gasteiger partial charge in [-0.1, -0.05) is 6.07 Å². The summed E-state index contributed by atoms with van der Waals surface area (Å²) in [6.07, 6.45) is -4.30. The molecule has 1 unspecified atom stereocenters. The average molecular weight is 280 g/mol. The molecule has 6 heteroatoms. The van der Waals surface area contributed by atoms with Crippen LogP contribution in [0.15, 0.2) is 17.5 Å². The zero-order chi connectivity index (χ0) is 13.6. The van der Waals surface area contributed by atoms with Crippen LogP contribution in [0.25, 0.3) is 0 Å². The molecule has 0 bridgehead atoms. The summed E-state index contributed by atoms with van der Waals surface area (Å²) in [5.74, 6) is 0. The van der Waals surface area contributed by atoms with E-state index in [0.717, 1.165) is 4.88 Å². The molecular formula is C12H19F3N2S. The number of nitrogens with two attached hydrogens (primary N) is 1. The molecule has 1 aromatic heterocycles. The van der Waals surface area contributed by atoms with Crippen LogP contribution in [0.4, 0.5) is 13.2 Å². The fourth-order valence-electron chi connectivity index (χ4n) is 1.66. The van der Waals surface area contributed by atoms with Gasteiger partial charge in [-0.2, -0.15) is 13.2 Å². The molecule has 0 aromatic carbocycles. The zero-order valence-electron chi connectivity index (χ0n) is 10.4. The van der Waals surface area contributed by atoms with Crippen LogP contribution in [0.3, 0.4) is 0 Å². The van der Waals surface area contributed by atoms with Gasteiger partial charge in [0.25, 0.3) is 0 Å². The third kappa shape index (κ3) is 5.84. The molecule has 0 aliphatic rings. The first-order valence-corrected chi connectivity index (χ1v) is 6.77. The van der Waals surface area contributed by atoms with Crippen molar-refractivity contribution in [1.29, 1.82) is 0 Å². The largest absolute Gasteiger partial charge is 0.389 e. The minimum atomic E-state index is -4.08. The van der Waals surface area contributed by atoms with Gasteiger partial charge in [-0.05, 0) is 31.2 Å². The normalized spacial score (nSPS) is 15.6. The summed E-state index contributed by atoms with van der Waals surface area (Å²) in [5, 5.41) is 5.23. The Morgan fingerprint density at radius 1 is 1.33 bits per heavy atom. The summed E-state index contributed by atoms with van der Waals surface area (Å²) < 4.78 is 36.3. The lowest BCUT2D eigenvalue weighted by Gasteiger charge is -2.29. The Morgan fingerprint density at radius 3 is 2.56 bits per heavy atom. The minimum Gasteiger partial charge on any atom is -0.329 e. The number of thiophene rings is 1. The standard InChI is InChI=1S/C12H19F3N2S/c1-11(9-16,5-3-6-12(13,14)15)17-8-10-4-2-7-18-10/h2,4,7,17H,3,5-6,8-9,16H2,1H3. The number of alkyl halides is 3. The van der Waals surface area contributed by atoms with Gasteiger partial charge in [-0.25, -0.2) is 0 Å². The Labute approximate surface area is 109 Å². The van der Waals surface area contributed by atoms with E-state index in [1.807, 2.05) is 24.4 Å². The lowest BCUT2D eigenvalue weighted by Crippen LogP contribution is -2.48. The van der Waals surface area contributed by atoms with Crippen molar-refractivity contribution in [3.8, 4) is 0 Å². The molecule has 3 N–H and O–H groups in total. The first-order valence-electron chi connectivity index (χ1n) is 5.89. The van der Waals surface area contributed by atoms with E-state index in [1.54, 1.807) is 11.3 Å². The third-order valence-electron chi connectivity index (χ3n) is 2.91.